The molecule has 0 bridgehead atoms. The van der Waals surface area contributed by atoms with Crippen LogP contribution in [-0.4, -0.2) is 17.9 Å². The summed E-state index contributed by atoms with van der Waals surface area (Å²) in [5.74, 6) is 0.849. The largest absolute Gasteiger partial charge is 0.497 e. The summed E-state index contributed by atoms with van der Waals surface area (Å²) in [6.07, 6.45) is 1.33. The van der Waals surface area contributed by atoms with Crippen molar-refractivity contribution >= 4 is 17.7 Å². The summed E-state index contributed by atoms with van der Waals surface area (Å²) in [7, 11) is 1.57. The highest BCUT2D eigenvalue weighted by molar-refractivity contribution is 6.01. The van der Waals surface area contributed by atoms with Gasteiger partial charge in [0.1, 0.15) is 28.9 Å². The molecule has 3 rings (SSSR count). The van der Waals surface area contributed by atoms with E-state index in [1.807, 2.05) is 18.2 Å². The summed E-state index contributed by atoms with van der Waals surface area (Å²) in [5.41, 5.74) is 1.79. The third kappa shape index (κ3) is 5.16. The first-order valence-corrected chi connectivity index (χ1v) is 9.29. The highest BCUT2D eigenvalue weighted by Gasteiger charge is 2.15. The van der Waals surface area contributed by atoms with Gasteiger partial charge in [-0.15, -0.1) is 0 Å². The van der Waals surface area contributed by atoms with Crippen LogP contribution in [-0.2, 0) is 11.3 Å². The van der Waals surface area contributed by atoms with E-state index >= 15 is 0 Å². The molecule has 31 heavy (non-hydrogen) atoms. The number of carbonyl (C=O) groups excluding carboxylic acids is 1. The van der Waals surface area contributed by atoms with E-state index in [1.54, 1.807) is 50.4 Å². The van der Waals surface area contributed by atoms with Crippen LogP contribution in [0.25, 0.3) is 17.4 Å². The van der Waals surface area contributed by atoms with E-state index in [-0.39, 0.29) is 23.6 Å². The molecule has 0 spiro atoms. The van der Waals surface area contributed by atoms with Crippen molar-refractivity contribution in [2.24, 2.45) is 0 Å². The minimum Gasteiger partial charge on any atom is -0.497 e. The summed E-state index contributed by atoms with van der Waals surface area (Å²) >= 11 is 0. The molecule has 0 radical (unpaired) electrons. The topological polar surface area (TPSA) is 118 Å². The average Bonchev–Trinajstić information content (AvgIpc) is 3.25. The van der Waals surface area contributed by atoms with Crippen LogP contribution < -0.4 is 10.1 Å². The van der Waals surface area contributed by atoms with E-state index in [9.17, 15) is 20.2 Å². The van der Waals surface area contributed by atoms with Crippen molar-refractivity contribution in [1.82, 2.24) is 5.32 Å². The van der Waals surface area contributed by atoms with E-state index in [0.717, 1.165) is 5.56 Å². The summed E-state index contributed by atoms with van der Waals surface area (Å²) in [6, 6.07) is 17.0. The normalized spacial score (nSPS) is 10.9. The molecule has 1 heterocycles. The third-order valence-corrected chi connectivity index (χ3v) is 4.58. The first-order valence-electron chi connectivity index (χ1n) is 9.29. The number of furan rings is 1. The van der Waals surface area contributed by atoms with E-state index in [0.29, 0.717) is 22.6 Å². The molecule has 0 unspecified atom stereocenters. The molecule has 156 valence electrons. The van der Waals surface area contributed by atoms with Gasteiger partial charge < -0.3 is 14.5 Å². The summed E-state index contributed by atoms with van der Waals surface area (Å²) < 4.78 is 10.8. The zero-order chi connectivity index (χ0) is 22.4. The molecule has 8 heteroatoms. The quantitative estimate of drug-likeness (QED) is 0.263. The number of nitrogens with one attached hydrogen (secondary N) is 1. The van der Waals surface area contributed by atoms with Crippen molar-refractivity contribution in [2.45, 2.75) is 13.5 Å². The predicted molar refractivity (Wildman–Crippen MR) is 114 cm³/mol. The number of carbonyl (C=O) groups is 1. The van der Waals surface area contributed by atoms with Gasteiger partial charge in [0.25, 0.3) is 11.6 Å². The molecule has 8 nitrogen and oxygen atoms in total. The van der Waals surface area contributed by atoms with E-state index in [2.05, 4.69) is 5.32 Å². The van der Waals surface area contributed by atoms with Crippen molar-refractivity contribution in [3.05, 3.63) is 87.2 Å². The Labute approximate surface area is 178 Å². The van der Waals surface area contributed by atoms with Gasteiger partial charge >= 0.3 is 0 Å². The monoisotopic (exact) mass is 417 g/mol. The standard InChI is InChI=1S/C23H19N3O5/c1-15-3-6-17(12-21(15)26(28)29)22-10-9-20(31-22)11-18(13-24)23(27)25-14-16-4-7-19(30-2)8-5-16/h3-12H,14H2,1-2H3,(H,25,27)/b18-11-. The number of hydrogen-bond donors (Lipinski definition) is 1. The van der Waals surface area contributed by atoms with Crippen molar-refractivity contribution in [1.29, 1.82) is 5.26 Å². The lowest BCUT2D eigenvalue weighted by atomic mass is 10.1. The highest BCUT2D eigenvalue weighted by Crippen LogP contribution is 2.28. The van der Waals surface area contributed by atoms with Gasteiger partial charge in [-0.25, -0.2) is 0 Å². The maximum Gasteiger partial charge on any atom is 0.273 e. The number of ether oxygens (including phenoxy) is 1. The van der Waals surface area contributed by atoms with Crippen LogP contribution in [0.4, 0.5) is 5.69 Å². The smallest absolute Gasteiger partial charge is 0.273 e. The molecule has 0 aliphatic rings. The van der Waals surface area contributed by atoms with Crippen LogP contribution in [0.3, 0.4) is 0 Å². The van der Waals surface area contributed by atoms with Crippen LogP contribution in [0.5, 0.6) is 5.75 Å². The van der Waals surface area contributed by atoms with Crippen LogP contribution in [0.15, 0.2) is 64.6 Å². The maximum absolute atomic E-state index is 12.4. The van der Waals surface area contributed by atoms with Gasteiger partial charge in [0, 0.05) is 29.8 Å². The number of nitrogens with zero attached hydrogens (tertiary/aromatic N) is 2. The fraction of sp³-hybridized carbons (Fsp3) is 0.130. The summed E-state index contributed by atoms with van der Waals surface area (Å²) in [4.78, 5) is 23.1. The average molecular weight is 417 g/mol. The molecule has 0 aliphatic heterocycles. The Morgan fingerprint density at radius 1 is 1.23 bits per heavy atom. The summed E-state index contributed by atoms with van der Waals surface area (Å²) in [5, 5.41) is 23.2. The molecule has 0 aliphatic carbocycles. The number of nitro groups is 1. The second kappa shape index (κ2) is 9.41. The van der Waals surface area contributed by atoms with Gasteiger partial charge in [0.05, 0.1) is 12.0 Å². The SMILES string of the molecule is COc1ccc(CNC(=O)/C(C#N)=C\c2ccc(-c3ccc(C)c([N+](=O)[O-])c3)o2)cc1. The van der Waals surface area contributed by atoms with Gasteiger partial charge in [0.15, 0.2) is 0 Å². The Hall–Kier alpha value is -4.38. The Kier molecular flexibility index (Phi) is 6.48. The fourth-order valence-corrected chi connectivity index (χ4v) is 2.86. The molecule has 1 N–H and O–H groups in total. The predicted octanol–water partition coefficient (Wildman–Crippen LogP) is 4.40. The maximum atomic E-state index is 12.4. The molecule has 0 fully saturated rings. The lowest BCUT2D eigenvalue weighted by Crippen LogP contribution is -2.23. The Balaban J connectivity index is 1.73. The lowest BCUT2D eigenvalue weighted by molar-refractivity contribution is -0.385. The van der Waals surface area contributed by atoms with E-state index in [4.69, 9.17) is 9.15 Å². The van der Waals surface area contributed by atoms with Crippen LogP contribution in [0, 0.1) is 28.4 Å². The van der Waals surface area contributed by atoms with Crippen molar-refractivity contribution in [3.8, 4) is 23.1 Å². The zero-order valence-electron chi connectivity index (χ0n) is 16.9. The van der Waals surface area contributed by atoms with E-state index < -0.39 is 10.8 Å². The number of nitriles is 1. The first-order chi connectivity index (χ1) is 14.9. The number of methoxy groups -OCH3 is 1. The van der Waals surface area contributed by atoms with E-state index in [1.165, 1.54) is 12.1 Å². The van der Waals surface area contributed by atoms with Crippen LogP contribution >= 0.6 is 0 Å². The van der Waals surface area contributed by atoms with Crippen LogP contribution in [0.1, 0.15) is 16.9 Å². The fourth-order valence-electron chi connectivity index (χ4n) is 2.86. The number of aryl methyl sites for hydroxylation is 1. The molecule has 0 saturated carbocycles. The second-order valence-electron chi connectivity index (χ2n) is 6.66. The minimum absolute atomic E-state index is 0.0124. The van der Waals surface area contributed by atoms with Gasteiger partial charge in [-0.3, -0.25) is 14.9 Å². The molecule has 1 amide bonds. The number of benzene rings is 2. The third-order valence-electron chi connectivity index (χ3n) is 4.58. The Morgan fingerprint density at radius 3 is 2.61 bits per heavy atom. The molecular weight excluding hydrogens is 398 g/mol. The molecule has 3 aromatic rings. The second-order valence-corrected chi connectivity index (χ2v) is 6.66. The molecule has 0 atom stereocenters. The van der Waals surface area contributed by atoms with Crippen molar-refractivity contribution in [3.63, 3.8) is 0 Å². The number of nitro benzene ring substituents is 1. The van der Waals surface area contributed by atoms with Crippen LogP contribution in [0.2, 0.25) is 0 Å². The van der Waals surface area contributed by atoms with Crippen molar-refractivity contribution < 1.29 is 18.9 Å². The first kappa shape index (κ1) is 21.3. The lowest BCUT2D eigenvalue weighted by Gasteiger charge is -2.05. The number of hydrogen-bond acceptors (Lipinski definition) is 6. The molecular formula is C23H19N3O5. The van der Waals surface area contributed by atoms with Crippen molar-refractivity contribution in [2.75, 3.05) is 7.11 Å². The number of amides is 1. The highest BCUT2D eigenvalue weighted by atomic mass is 16.6. The van der Waals surface area contributed by atoms with Gasteiger partial charge in [-0.05, 0) is 36.8 Å². The Bertz CT molecular complexity index is 1190. The minimum atomic E-state index is -0.540. The number of rotatable bonds is 7. The van der Waals surface area contributed by atoms with Gasteiger partial charge in [-0.1, -0.05) is 24.3 Å². The molecule has 2 aromatic carbocycles. The molecule has 1 aromatic heterocycles. The van der Waals surface area contributed by atoms with Gasteiger partial charge in [-0.2, -0.15) is 5.26 Å². The Morgan fingerprint density at radius 2 is 1.97 bits per heavy atom. The molecule has 0 saturated heterocycles. The summed E-state index contributed by atoms with van der Waals surface area (Å²) in [6.45, 7) is 1.90. The zero-order valence-corrected chi connectivity index (χ0v) is 16.9. The van der Waals surface area contributed by atoms with Gasteiger partial charge in [0.2, 0.25) is 0 Å².